The highest BCUT2D eigenvalue weighted by molar-refractivity contribution is 5.76. The quantitative estimate of drug-likeness (QED) is 0.582. The Labute approximate surface area is 189 Å². The number of aromatic nitrogens is 2. The number of aliphatic hydroxyl groups is 1. The number of hydrogen-bond acceptors (Lipinski definition) is 4. The second-order valence-electron chi connectivity index (χ2n) is 9.04. The summed E-state index contributed by atoms with van der Waals surface area (Å²) < 4.78 is 9.03. The molecule has 0 saturated heterocycles. The molecule has 0 bridgehead atoms. The molecule has 1 saturated carbocycles. The summed E-state index contributed by atoms with van der Waals surface area (Å²) in [4.78, 5) is 12.1. The second-order valence-corrected chi connectivity index (χ2v) is 9.04. The Kier molecular flexibility index (Phi) is 7.33. The molecule has 0 radical (unpaired) electrons. The summed E-state index contributed by atoms with van der Waals surface area (Å²) in [7, 11) is 3.49. The number of nitrogens with zero attached hydrogens (tertiary/aromatic N) is 2. The first-order valence-corrected chi connectivity index (χ1v) is 11.8. The van der Waals surface area contributed by atoms with E-state index in [2.05, 4.69) is 17.4 Å². The highest BCUT2D eigenvalue weighted by atomic mass is 16.5. The minimum Gasteiger partial charge on any atom is -0.491 e. The average Bonchev–Trinajstić information content (AvgIpc) is 3.01. The van der Waals surface area contributed by atoms with Gasteiger partial charge in [-0.05, 0) is 48.2 Å². The molecular formula is C26H35N3O3. The molecule has 6 heteroatoms. The van der Waals surface area contributed by atoms with Crippen molar-refractivity contribution in [2.45, 2.75) is 63.6 Å². The molecule has 172 valence electrons. The first-order chi connectivity index (χ1) is 15.5. The van der Waals surface area contributed by atoms with Crippen molar-refractivity contribution >= 4 is 11.0 Å². The van der Waals surface area contributed by atoms with Gasteiger partial charge >= 0.3 is 5.69 Å². The number of aryl methyl sites for hydroxylation is 2. The predicted octanol–water partition coefficient (Wildman–Crippen LogP) is 4.19. The monoisotopic (exact) mass is 437 g/mol. The van der Waals surface area contributed by atoms with Gasteiger partial charge in [0.25, 0.3) is 0 Å². The number of benzene rings is 2. The van der Waals surface area contributed by atoms with Gasteiger partial charge in [0.2, 0.25) is 0 Å². The van der Waals surface area contributed by atoms with Crippen molar-refractivity contribution in [3.63, 3.8) is 0 Å². The Balaban J connectivity index is 1.30. The number of nitrogens with one attached hydrogen (secondary N) is 1. The van der Waals surface area contributed by atoms with Crippen LogP contribution in [0.3, 0.4) is 0 Å². The van der Waals surface area contributed by atoms with Crippen LogP contribution in [0.15, 0.2) is 47.3 Å². The summed E-state index contributed by atoms with van der Waals surface area (Å²) in [5.41, 5.74) is 3.55. The summed E-state index contributed by atoms with van der Waals surface area (Å²) in [6, 6.07) is 14.3. The van der Waals surface area contributed by atoms with Gasteiger partial charge in [0.1, 0.15) is 18.5 Å². The van der Waals surface area contributed by atoms with Crippen LogP contribution in [0.1, 0.15) is 62.2 Å². The number of fused-ring (bicyclic) bond motifs is 1. The van der Waals surface area contributed by atoms with Gasteiger partial charge in [-0.2, -0.15) is 0 Å². The lowest BCUT2D eigenvalue weighted by atomic mass is 9.96. The summed E-state index contributed by atoms with van der Waals surface area (Å²) in [6.07, 6.45) is 8.59. The standard InChI is InChI=1S/C26H35N3O3/c1-28-23-15-12-20(16-24(23)29(2)26(28)31)25(30)18-32-22-13-10-19(11-14-22)17-27-21-8-6-4-3-5-7-9-21/h10-16,21,25,27,30H,3-9,17-18H2,1-2H3/t25-/m0/s1. The smallest absolute Gasteiger partial charge is 0.328 e. The molecule has 1 aliphatic rings. The third kappa shape index (κ3) is 5.25. The molecule has 6 nitrogen and oxygen atoms in total. The summed E-state index contributed by atoms with van der Waals surface area (Å²) in [5.74, 6) is 0.743. The van der Waals surface area contributed by atoms with Gasteiger partial charge in [0, 0.05) is 26.7 Å². The molecule has 32 heavy (non-hydrogen) atoms. The Morgan fingerprint density at radius 2 is 1.62 bits per heavy atom. The van der Waals surface area contributed by atoms with Crippen LogP contribution in [-0.4, -0.2) is 26.9 Å². The number of rotatable bonds is 7. The van der Waals surface area contributed by atoms with Crippen LogP contribution in [0.5, 0.6) is 5.75 Å². The number of ether oxygens (including phenoxy) is 1. The normalized spacial score (nSPS) is 16.6. The molecule has 2 aromatic carbocycles. The van der Waals surface area contributed by atoms with Gasteiger partial charge in [-0.15, -0.1) is 0 Å². The molecule has 2 N–H and O–H groups in total. The van der Waals surface area contributed by atoms with Crippen LogP contribution in [0, 0.1) is 0 Å². The lowest BCUT2D eigenvalue weighted by Crippen LogP contribution is -2.29. The maximum Gasteiger partial charge on any atom is 0.328 e. The third-order valence-corrected chi connectivity index (χ3v) is 6.71. The topological polar surface area (TPSA) is 68.4 Å². The number of aliphatic hydroxyl groups excluding tert-OH is 1. The van der Waals surface area contributed by atoms with E-state index in [9.17, 15) is 9.90 Å². The summed E-state index contributed by atoms with van der Waals surface area (Å²) >= 11 is 0. The van der Waals surface area contributed by atoms with E-state index in [-0.39, 0.29) is 12.3 Å². The summed E-state index contributed by atoms with van der Waals surface area (Å²) in [6.45, 7) is 1.04. The fourth-order valence-electron chi connectivity index (χ4n) is 4.63. The third-order valence-electron chi connectivity index (χ3n) is 6.71. The maximum absolute atomic E-state index is 12.1. The van der Waals surface area contributed by atoms with E-state index in [1.165, 1.54) is 50.5 Å². The van der Waals surface area contributed by atoms with Crippen LogP contribution in [0.4, 0.5) is 0 Å². The fraction of sp³-hybridized carbons (Fsp3) is 0.500. The van der Waals surface area contributed by atoms with E-state index in [0.29, 0.717) is 6.04 Å². The minimum absolute atomic E-state index is 0.0768. The molecule has 1 heterocycles. The molecule has 0 aliphatic heterocycles. The zero-order valence-electron chi connectivity index (χ0n) is 19.2. The lowest BCUT2D eigenvalue weighted by molar-refractivity contribution is 0.108. The Hall–Kier alpha value is -2.57. The summed E-state index contributed by atoms with van der Waals surface area (Å²) in [5, 5.41) is 14.3. The molecule has 4 rings (SSSR count). The van der Waals surface area contributed by atoms with Crippen molar-refractivity contribution in [1.82, 2.24) is 14.5 Å². The van der Waals surface area contributed by atoms with Crippen molar-refractivity contribution in [2.75, 3.05) is 6.61 Å². The molecule has 0 amide bonds. The number of hydrogen-bond donors (Lipinski definition) is 2. The molecule has 0 unspecified atom stereocenters. The highest BCUT2D eigenvalue weighted by Crippen LogP contribution is 2.22. The van der Waals surface area contributed by atoms with Crippen molar-refractivity contribution in [3.05, 3.63) is 64.1 Å². The molecule has 1 atom stereocenters. The van der Waals surface area contributed by atoms with Gasteiger partial charge in [0.15, 0.2) is 0 Å². The molecule has 1 aromatic heterocycles. The van der Waals surface area contributed by atoms with Gasteiger partial charge in [0.05, 0.1) is 11.0 Å². The molecule has 1 fully saturated rings. The van der Waals surface area contributed by atoms with Crippen LogP contribution in [0.2, 0.25) is 0 Å². The van der Waals surface area contributed by atoms with E-state index < -0.39 is 6.10 Å². The minimum atomic E-state index is -0.768. The largest absolute Gasteiger partial charge is 0.491 e. The van der Waals surface area contributed by atoms with Crippen LogP contribution in [0.25, 0.3) is 11.0 Å². The van der Waals surface area contributed by atoms with E-state index in [4.69, 9.17) is 4.74 Å². The highest BCUT2D eigenvalue weighted by Gasteiger charge is 2.14. The van der Waals surface area contributed by atoms with Gasteiger partial charge in [-0.1, -0.05) is 50.3 Å². The van der Waals surface area contributed by atoms with Gasteiger partial charge in [-0.25, -0.2) is 4.79 Å². The average molecular weight is 438 g/mol. The van der Waals surface area contributed by atoms with Gasteiger partial charge in [-0.3, -0.25) is 9.13 Å². The van der Waals surface area contributed by atoms with Crippen molar-refractivity contribution in [3.8, 4) is 5.75 Å². The van der Waals surface area contributed by atoms with Crippen LogP contribution in [-0.2, 0) is 20.6 Å². The van der Waals surface area contributed by atoms with E-state index in [1.807, 2.05) is 30.3 Å². The first kappa shape index (κ1) is 22.6. The predicted molar refractivity (Wildman–Crippen MR) is 128 cm³/mol. The molecule has 0 spiro atoms. The van der Waals surface area contributed by atoms with Crippen molar-refractivity contribution < 1.29 is 9.84 Å². The SMILES string of the molecule is Cn1c(=O)n(C)c2cc([C@@H](O)COc3ccc(CNC4CCCCCCC4)cc3)ccc21. The van der Waals surface area contributed by atoms with E-state index >= 15 is 0 Å². The lowest BCUT2D eigenvalue weighted by Gasteiger charge is -2.21. The van der Waals surface area contributed by atoms with Crippen LogP contribution >= 0.6 is 0 Å². The fourth-order valence-corrected chi connectivity index (χ4v) is 4.63. The van der Waals surface area contributed by atoms with Crippen molar-refractivity contribution in [2.24, 2.45) is 14.1 Å². The zero-order chi connectivity index (χ0) is 22.5. The first-order valence-electron chi connectivity index (χ1n) is 11.8. The number of imidazole rings is 1. The van der Waals surface area contributed by atoms with Crippen molar-refractivity contribution in [1.29, 1.82) is 0 Å². The molecule has 3 aromatic rings. The molecule has 1 aliphatic carbocycles. The second kappa shape index (κ2) is 10.4. The maximum atomic E-state index is 12.1. The molecular weight excluding hydrogens is 402 g/mol. The Bertz CT molecular complexity index is 1080. The Morgan fingerprint density at radius 1 is 0.969 bits per heavy atom. The Morgan fingerprint density at radius 3 is 2.34 bits per heavy atom. The van der Waals surface area contributed by atoms with Crippen LogP contribution < -0.4 is 15.7 Å². The van der Waals surface area contributed by atoms with E-state index in [1.54, 1.807) is 23.2 Å². The van der Waals surface area contributed by atoms with Gasteiger partial charge < -0.3 is 15.2 Å². The van der Waals surface area contributed by atoms with E-state index in [0.717, 1.165) is 28.9 Å². The zero-order valence-corrected chi connectivity index (χ0v) is 19.2.